The third kappa shape index (κ3) is 1.67. The van der Waals surface area contributed by atoms with Crippen LogP contribution in [-0.2, 0) is 9.47 Å². The van der Waals surface area contributed by atoms with Crippen molar-refractivity contribution >= 4 is 0 Å². The molecule has 12 heavy (non-hydrogen) atoms. The van der Waals surface area contributed by atoms with Gasteiger partial charge in [0.25, 0.3) is 0 Å². The monoisotopic (exact) mass is 174 g/mol. The van der Waals surface area contributed by atoms with E-state index < -0.39 is 24.4 Å². The second-order valence-corrected chi connectivity index (χ2v) is 2.77. The number of ether oxygens (including phenoxy) is 2. The molecule has 1 rings (SSSR count). The molecule has 0 unspecified atom stereocenters. The molecule has 4 nitrogen and oxygen atoms in total. The number of hydrogen-bond donors (Lipinski definition) is 2. The van der Waals surface area contributed by atoms with Crippen LogP contribution in [0.5, 0.6) is 0 Å². The summed E-state index contributed by atoms with van der Waals surface area (Å²) in [6, 6.07) is 0. The van der Waals surface area contributed by atoms with E-state index in [1.54, 1.807) is 12.2 Å². The summed E-state index contributed by atoms with van der Waals surface area (Å²) < 4.78 is 9.83. The van der Waals surface area contributed by atoms with Gasteiger partial charge in [-0.25, -0.2) is 0 Å². The maximum absolute atomic E-state index is 9.43. The van der Waals surface area contributed by atoms with Crippen LogP contribution in [0.1, 0.15) is 0 Å². The van der Waals surface area contributed by atoms with E-state index >= 15 is 0 Å². The normalized spacial score (nSPS) is 41.7. The van der Waals surface area contributed by atoms with Crippen molar-refractivity contribution in [1.29, 1.82) is 0 Å². The van der Waals surface area contributed by atoms with Crippen molar-refractivity contribution < 1.29 is 19.7 Å². The zero-order valence-electron chi connectivity index (χ0n) is 7.18. The average molecular weight is 174 g/mol. The van der Waals surface area contributed by atoms with Gasteiger partial charge in [0.2, 0.25) is 0 Å². The molecule has 4 atom stereocenters. The van der Waals surface area contributed by atoms with Crippen molar-refractivity contribution in [3.63, 3.8) is 0 Å². The number of rotatable bonds is 2. The van der Waals surface area contributed by atoms with Crippen LogP contribution in [0.2, 0.25) is 0 Å². The van der Waals surface area contributed by atoms with Gasteiger partial charge >= 0.3 is 0 Å². The van der Waals surface area contributed by atoms with Gasteiger partial charge in [-0.15, -0.1) is 0 Å². The zero-order chi connectivity index (χ0) is 9.14. The Kier molecular flexibility index (Phi) is 3.22. The molecule has 0 radical (unpaired) electrons. The molecule has 0 aromatic carbocycles. The molecule has 0 aliphatic heterocycles. The molecule has 1 aliphatic carbocycles. The van der Waals surface area contributed by atoms with Crippen LogP contribution in [0.3, 0.4) is 0 Å². The van der Waals surface area contributed by atoms with Crippen LogP contribution >= 0.6 is 0 Å². The molecule has 0 heterocycles. The summed E-state index contributed by atoms with van der Waals surface area (Å²) in [6.07, 6.45) is 0.671. The van der Waals surface area contributed by atoms with Crippen LogP contribution < -0.4 is 0 Å². The van der Waals surface area contributed by atoms with Gasteiger partial charge in [-0.05, 0) is 0 Å². The molecule has 0 aromatic heterocycles. The fraction of sp³-hybridized carbons (Fsp3) is 0.750. The lowest BCUT2D eigenvalue weighted by atomic mass is 9.96. The van der Waals surface area contributed by atoms with E-state index in [2.05, 4.69) is 0 Å². The SMILES string of the molecule is CO[C@H]1C=C[C@@H](OC)[C@H](O)[C@@H]1O. The molecule has 2 N–H and O–H groups in total. The highest BCUT2D eigenvalue weighted by Crippen LogP contribution is 2.17. The summed E-state index contributed by atoms with van der Waals surface area (Å²) in [5, 5.41) is 18.9. The van der Waals surface area contributed by atoms with Crippen LogP contribution in [0.15, 0.2) is 12.2 Å². The summed E-state index contributed by atoms with van der Waals surface area (Å²) in [5.74, 6) is 0. The first-order valence-corrected chi connectivity index (χ1v) is 3.80. The predicted molar refractivity (Wildman–Crippen MR) is 42.7 cm³/mol. The maximum atomic E-state index is 9.43. The Morgan fingerprint density at radius 2 is 1.25 bits per heavy atom. The lowest BCUT2D eigenvalue weighted by Gasteiger charge is -2.31. The summed E-state index contributed by atoms with van der Waals surface area (Å²) in [7, 11) is 2.97. The van der Waals surface area contributed by atoms with E-state index in [-0.39, 0.29) is 0 Å². The molecule has 0 saturated carbocycles. The lowest BCUT2D eigenvalue weighted by Crippen LogP contribution is -2.47. The molecule has 0 aromatic rings. The van der Waals surface area contributed by atoms with Gasteiger partial charge in [-0.2, -0.15) is 0 Å². The van der Waals surface area contributed by atoms with Crippen molar-refractivity contribution in [2.75, 3.05) is 14.2 Å². The Hall–Kier alpha value is -0.420. The van der Waals surface area contributed by atoms with E-state index in [0.717, 1.165) is 0 Å². The maximum Gasteiger partial charge on any atom is 0.112 e. The summed E-state index contributed by atoms with van der Waals surface area (Å²) in [6.45, 7) is 0. The second kappa shape index (κ2) is 4.00. The van der Waals surface area contributed by atoms with E-state index in [1.807, 2.05) is 0 Å². The van der Waals surface area contributed by atoms with Crippen molar-refractivity contribution in [1.82, 2.24) is 0 Å². The molecule has 0 fully saturated rings. The predicted octanol–water partition coefficient (Wildman–Crippen LogP) is -0.692. The van der Waals surface area contributed by atoms with Gasteiger partial charge in [-0.1, -0.05) is 12.2 Å². The third-order valence-corrected chi connectivity index (χ3v) is 2.06. The van der Waals surface area contributed by atoms with Crippen LogP contribution in [0, 0.1) is 0 Å². The second-order valence-electron chi connectivity index (χ2n) is 2.77. The molecule has 0 saturated heterocycles. The van der Waals surface area contributed by atoms with Gasteiger partial charge in [0.05, 0.1) is 0 Å². The molecule has 0 bridgehead atoms. The Morgan fingerprint density at radius 3 is 1.50 bits per heavy atom. The molecular formula is C8H14O4. The quantitative estimate of drug-likeness (QED) is 0.544. The Balaban J connectivity index is 2.68. The van der Waals surface area contributed by atoms with Crippen molar-refractivity contribution in [3.05, 3.63) is 12.2 Å². The minimum atomic E-state index is -0.912. The van der Waals surface area contributed by atoms with Gasteiger partial charge in [-0.3, -0.25) is 0 Å². The van der Waals surface area contributed by atoms with Crippen LogP contribution in [0.25, 0.3) is 0 Å². The molecule has 70 valence electrons. The first kappa shape index (κ1) is 9.67. The minimum absolute atomic E-state index is 0.439. The van der Waals surface area contributed by atoms with Gasteiger partial charge in [0.1, 0.15) is 24.4 Å². The largest absolute Gasteiger partial charge is 0.387 e. The summed E-state index contributed by atoms with van der Waals surface area (Å²) >= 11 is 0. The molecule has 0 amide bonds. The number of methoxy groups -OCH3 is 2. The fourth-order valence-electron chi connectivity index (χ4n) is 1.27. The van der Waals surface area contributed by atoms with Gasteiger partial charge in [0.15, 0.2) is 0 Å². The molecule has 0 spiro atoms. The van der Waals surface area contributed by atoms with Crippen molar-refractivity contribution in [2.24, 2.45) is 0 Å². The minimum Gasteiger partial charge on any atom is -0.387 e. The summed E-state index contributed by atoms with van der Waals surface area (Å²) in [4.78, 5) is 0. The van der Waals surface area contributed by atoms with E-state index in [9.17, 15) is 10.2 Å². The van der Waals surface area contributed by atoms with Gasteiger partial charge in [0, 0.05) is 14.2 Å². The first-order valence-electron chi connectivity index (χ1n) is 3.80. The fourth-order valence-corrected chi connectivity index (χ4v) is 1.27. The van der Waals surface area contributed by atoms with Crippen LogP contribution in [-0.4, -0.2) is 48.8 Å². The number of aliphatic hydroxyl groups excluding tert-OH is 2. The lowest BCUT2D eigenvalue weighted by molar-refractivity contribution is -0.106. The number of aliphatic hydroxyl groups is 2. The molecule has 4 heteroatoms. The van der Waals surface area contributed by atoms with Gasteiger partial charge < -0.3 is 19.7 Å². The van der Waals surface area contributed by atoms with E-state index in [0.29, 0.717) is 0 Å². The number of hydrogen-bond acceptors (Lipinski definition) is 4. The van der Waals surface area contributed by atoms with Crippen LogP contribution in [0.4, 0.5) is 0 Å². The average Bonchev–Trinajstić information content (AvgIpc) is 2.10. The topological polar surface area (TPSA) is 58.9 Å². The first-order chi connectivity index (χ1) is 5.70. The zero-order valence-corrected chi connectivity index (χ0v) is 7.18. The summed E-state index contributed by atoms with van der Waals surface area (Å²) in [5.41, 5.74) is 0. The van der Waals surface area contributed by atoms with Crippen molar-refractivity contribution in [3.8, 4) is 0 Å². The Morgan fingerprint density at radius 1 is 0.917 bits per heavy atom. The highest BCUT2D eigenvalue weighted by Gasteiger charge is 2.33. The smallest absolute Gasteiger partial charge is 0.112 e. The highest BCUT2D eigenvalue weighted by atomic mass is 16.5. The highest BCUT2D eigenvalue weighted by molar-refractivity contribution is 5.08. The Bertz CT molecular complexity index is 150. The molecule has 1 aliphatic rings. The van der Waals surface area contributed by atoms with E-state index in [4.69, 9.17) is 9.47 Å². The van der Waals surface area contributed by atoms with Crippen molar-refractivity contribution in [2.45, 2.75) is 24.4 Å². The molecular weight excluding hydrogens is 160 g/mol. The van der Waals surface area contributed by atoms with E-state index in [1.165, 1.54) is 14.2 Å². The Labute approximate surface area is 71.4 Å². The third-order valence-electron chi connectivity index (χ3n) is 2.06. The standard InChI is InChI=1S/C8H14O4/c1-11-5-3-4-6(12-2)8(10)7(5)9/h3-10H,1-2H3/t5-,6+,7+,8-.